The average molecular weight is 258 g/mol. The van der Waals surface area contributed by atoms with Gasteiger partial charge in [-0.1, -0.05) is 25.5 Å². The fraction of sp³-hybridized carbons (Fsp3) is 0.188. The van der Waals surface area contributed by atoms with Crippen LogP contribution in [0.3, 0.4) is 0 Å². The van der Waals surface area contributed by atoms with Gasteiger partial charge in [-0.15, -0.1) is 0 Å². The molecule has 98 valence electrons. The molecule has 0 heterocycles. The maximum atomic E-state index is 13.6. The van der Waals surface area contributed by atoms with Gasteiger partial charge in [0.25, 0.3) is 0 Å². The van der Waals surface area contributed by atoms with E-state index in [0.29, 0.717) is 17.6 Å². The van der Waals surface area contributed by atoms with E-state index in [9.17, 15) is 9.18 Å². The Kier molecular flexibility index (Phi) is 4.29. The summed E-state index contributed by atoms with van der Waals surface area (Å²) >= 11 is 0. The third kappa shape index (κ3) is 3.41. The predicted molar refractivity (Wildman–Crippen MR) is 72.3 cm³/mol. The van der Waals surface area contributed by atoms with Crippen molar-refractivity contribution in [2.24, 2.45) is 0 Å². The number of aldehydes is 1. The summed E-state index contributed by atoms with van der Waals surface area (Å²) in [7, 11) is 0. The van der Waals surface area contributed by atoms with E-state index >= 15 is 0 Å². The van der Waals surface area contributed by atoms with E-state index in [1.807, 2.05) is 24.3 Å². The molecule has 0 atom stereocenters. The number of hydrogen-bond donors (Lipinski definition) is 0. The zero-order chi connectivity index (χ0) is 13.7. The molecular formula is C16H15FO2. The number of carbonyl (C=O) groups is 1. The van der Waals surface area contributed by atoms with Crippen LogP contribution in [0.15, 0.2) is 42.5 Å². The van der Waals surface area contributed by atoms with Crippen LogP contribution in [0, 0.1) is 5.82 Å². The molecule has 19 heavy (non-hydrogen) atoms. The molecule has 3 heteroatoms. The van der Waals surface area contributed by atoms with Crippen molar-refractivity contribution in [2.75, 3.05) is 0 Å². The predicted octanol–water partition coefficient (Wildman–Crippen LogP) is 4.38. The van der Waals surface area contributed by atoms with Crippen molar-refractivity contribution in [3.8, 4) is 11.5 Å². The molecule has 0 fully saturated rings. The van der Waals surface area contributed by atoms with Gasteiger partial charge in [0.1, 0.15) is 12.0 Å². The first-order valence-corrected chi connectivity index (χ1v) is 6.24. The minimum absolute atomic E-state index is 0.119. The molecule has 0 unspecified atom stereocenters. The summed E-state index contributed by atoms with van der Waals surface area (Å²) in [5.74, 6) is 0.161. The van der Waals surface area contributed by atoms with Crippen molar-refractivity contribution in [2.45, 2.75) is 19.8 Å². The summed E-state index contributed by atoms with van der Waals surface area (Å²) in [4.78, 5) is 10.5. The second kappa shape index (κ2) is 6.14. The number of benzene rings is 2. The number of aryl methyl sites for hydroxylation is 1. The topological polar surface area (TPSA) is 26.3 Å². The van der Waals surface area contributed by atoms with Gasteiger partial charge < -0.3 is 4.74 Å². The normalized spacial score (nSPS) is 10.2. The van der Waals surface area contributed by atoms with Crippen LogP contribution in [-0.2, 0) is 6.42 Å². The molecule has 2 aromatic rings. The van der Waals surface area contributed by atoms with E-state index in [4.69, 9.17) is 4.74 Å². The fourth-order valence-corrected chi connectivity index (χ4v) is 1.81. The van der Waals surface area contributed by atoms with E-state index in [1.54, 1.807) is 0 Å². The van der Waals surface area contributed by atoms with Gasteiger partial charge in [-0.05, 0) is 42.3 Å². The lowest BCUT2D eigenvalue weighted by atomic mass is 10.1. The van der Waals surface area contributed by atoms with E-state index in [-0.39, 0.29) is 5.75 Å². The van der Waals surface area contributed by atoms with E-state index in [2.05, 4.69) is 6.92 Å². The van der Waals surface area contributed by atoms with Crippen molar-refractivity contribution < 1.29 is 13.9 Å². The average Bonchev–Trinajstić information content (AvgIpc) is 2.43. The van der Waals surface area contributed by atoms with Crippen LogP contribution in [0.5, 0.6) is 11.5 Å². The van der Waals surface area contributed by atoms with Crippen molar-refractivity contribution in [1.29, 1.82) is 0 Å². The highest BCUT2D eigenvalue weighted by Crippen LogP contribution is 2.25. The Morgan fingerprint density at radius 1 is 1.16 bits per heavy atom. The molecule has 0 N–H and O–H groups in total. The minimum Gasteiger partial charge on any atom is -0.454 e. The van der Waals surface area contributed by atoms with Crippen molar-refractivity contribution >= 4 is 6.29 Å². The Balaban J connectivity index is 2.14. The molecule has 0 radical (unpaired) electrons. The number of carbonyl (C=O) groups excluding carboxylic acids is 1. The van der Waals surface area contributed by atoms with Crippen molar-refractivity contribution in [3.63, 3.8) is 0 Å². The van der Waals surface area contributed by atoms with Crippen LogP contribution in [0.2, 0.25) is 0 Å². The standard InChI is InChI=1S/C16H15FO2/c1-2-3-12-4-7-14(8-5-12)19-16-9-6-13(11-18)10-15(16)17/h4-11H,2-3H2,1H3. The lowest BCUT2D eigenvalue weighted by Gasteiger charge is -2.07. The van der Waals surface area contributed by atoms with Gasteiger partial charge in [-0.2, -0.15) is 0 Å². The largest absolute Gasteiger partial charge is 0.454 e. The SMILES string of the molecule is CCCc1ccc(Oc2ccc(C=O)cc2F)cc1. The second-order valence-electron chi connectivity index (χ2n) is 4.30. The van der Waals surface area contributed by atoms with Crippen LogP contribution >= 0.6 is 0 Å². The molecule has 0 saturated heterocycles. The first-order valence-electron chi connectivity index (χ1n) is 6.24. The van der Waals surface area contributed by atoms with E-state index < -0.39 is 5.82 Å². The number of hydrogen-bond acceptors (Lipinski definition) is 2. The Bertz CT molecular complexity index is 561. The van der Waals surface area contributed by atoms with E-state index in [0.717, 1.165) is 18.9 Å². The second-order valence-corrected chi connectivity index (χ2v) is 4.30. The van der Waals surface area contributed by atoms with Crippen molar-refractivity contribution in [3.05, 3.63) is 59.4 Å². The maximum Gasteiger partial charge on any atom is 0.166 e. The van der Waals surface area contributed by atoms with Gasteiger partial charge in [0.15, 0.2) is 11.6 Å². The molecule has 0 aliphatic heterocycles. The molecule has 0 aliphatic rings. The molecule has 0 amide bonds. The first-order chi connectivity index (χ1) is 9.22. The molecule has 2 nitrogen and oxygen atoms in total. The molecule has 0 saturated carbocycles. The number of rotatable bonds is 5. The lowest BCUT2D eigenvalue weighted by molar-refractivity contribution is 0.112. The quantitative estimate of drug-likeness (QED) is 0.744. The van der Waals surface area contributed by atoms with Gasteiger partial charge in [0.05, 0.1) is 0 Å². The van der Waals surface area contributed by atoms with Crippen LogP contribution in [0.1, 0.15) is 29.3 Å². The molecule has 0 aliphatic carbocycles. The van der Waals surface area contributed by atoms with E-state index in [1.165, 1.54) is 17.7 Å². The summed E-state index contributed by atoms with van der Waals surface area (Å²) in [6, 6.07) is 11.7. The fourth-order valence-electron chi connectivity index (χ4n) is 1.81. The van der Waals surface area contributed by atoms with Gasteiger partial charge in [-0.25, -0.2) is 4.39 Å². The Morgan fingerprint density at radius 3 is 2.47 bits per heavy atom. The van der Waals surface area contributed by atoms with Crippen LogP contribution in [0.25, 0.3) is 0 Å². The first kappa shape index (κ1) is 13.3. The highest BCUT2D eigenvalue weighted by Gasteiger charge is 2.05. The third-order valence-electron chi connectivity index (χ3n) is 2.78. The Labute approximate surface area is 111 Å². The van der Waals surface area contributed by atoms with Gasteiger partial charge in [0.2, 0.25) is 0 Å². The Morgan fingerprint density at radius 2 is 1.89 bits per heavy atom. The number of ether oxygens (including phenoxy) is 1. The summed E-state index contributed by atoms with van der Waals surface area (Å²) < 4.78 is 19.1. The monoisotopic (exact) mass is 258 g/mol. The highest BCUT2D eigenvalue weighted by atomic mass is 19.1. The molecule has 2 aromatic carbocycles. The summed E-state index contributed by atoms with van der Waals surface area (Å²) in [5.41, 5.74) is 1.52. The van der Waals surface area contributed by atoms with Gasteiger partial charge in [0, 0.05) is 5.56 Å². The van der Waals surface area contributed by atoms with Crippen LogP contribution in [-0.4, -0.2) is 6.29 Å². The molecule has 0 bridgehead atoms. The van der Waals surface area contributed by atoms with Gasteiger partial charge in [-0.3, -0.25) is 4.79 Å². The third-order valence-corrected chi connectivity index (χ3v) is 2.78. The van der Waals surface area contributed by atoms with Crippen LogP contribution in [0.4, 0.5) is 4.39 Å². The summed E-state index contributed by atoms with van der Waals surface area (Å²) in [5, 5.41) is 0. The molecular weight excluding hydrogens is 243 g/mol. The lowest BCUT2D eigenvalue weighted by Crippen LogP contribution is -1.91. The minimum atomic E-state index is -0.540. The van der Waals surface area contributed by atoms with Crippen molar-refractivity contribution in [1.82, 2.24) is 0 Å². The van der Waals surface area contributed by atoms with Crippen LogP contribution < -0.4 is 4.74 Å². The molecule has 2 rings (SSSR count). The Hall–Kier alpha value is -2.16. The molecule has 0 spiro atoms. The zero-order valence-electron chi connectivity index (χ0n) is 10.7. The summed E-state index contributed by atoms with van der Waals surface area (Å²) in [6.45, 7) is 2.12. The summed E-state index contributed by atoms with van der Waals surface area (Å²) in [6.07, 6.45) is 2.71. The smallest absolute Gasteiger partial charge is 0.166 e. The van der Waals surface area contributed by atoms with Gasteiger partial charge >= 0.3 is 0 Å². The maximum absolute atomic E-state index is 13.6. The number of halogens is 1. The zero-order valence-corrected chi connectivity index (χ0v) is 10.7. The molecule has 0 aromatic heterocycles. The highest BCUT2D eigenvalue weighted by molar-refractivity contribution is 5.75.